The molecule has 1 aromatic carbocycles. The van der Waals surface area contributed by atoms with Crippen molar-refractivity contribution in [3.05, 3.63) is 69.3 Å². The number of amides is 1. The maximum atomic E-state index is 12.6. The maximum absolute atomic E-state index is 12.6. The summed E-state index contributed by atoms with van der Waals surface area (Å²) in [5.74, 6) is -1.37. The Labute approximate surface area is 153 Å². The van der Waals surface area contributed by atoms with Crippen LogP contribution in [0.3, 0.4) is 0 Å². The number of nitrogens with one attached hydrogen (secondary N) is 1. The molecule has 0 fully saturated rings. The molecule has 8 nitrogen and oxygen atoms in total. The molecule has 3 aromatic rings. The van der Waals surface area contributed by atoms with Gasteiger partial charge in [0.05, 0.1) is 30.7 Å². The second-order valence-corrected chi connectivity index (χ2v) is 5.71. The number of aromatic nitrogens is 1. The third-order valence-electron chi connectivity index (χ3n) is 4.03. The zero-order valence-corrected chi connectivity index (χ0v) is 14.6. The highest BCUT2D eigenvalue weighted by atomic mass is 16.5. The summed E-state index contributed by atoms with van der Waals surface area (Å²) in [6, 6.07) is 7.60. The zero-order chi connectivity index (χ0) is 19.6. The number of methoxy groups -OCH3 is 1. The summed E-state index contributed by atoms with van der Waals surface area (Å²) in [6.45, 7) is 1.32. The van der Waals surface area contributed by atoms with E-state index in [4.69, 9.17) is 4.42 Å². The molecule has 0 aliphatic rings. The fourth-order valence-electron chi connectivity index (χ4n) is 2.64. The molecule has 0 atom stereocenters. The first-order chi connectivity index (χ1) is 13.0. The predicted molar refractivity (Wildman–Crippen MR) is 96.7 cm³/mol. The first kappa shape index (κ1) is 18.3. The number of aryl methyl sites for hydroxylation is 1. The van der Waals surface area contributed by atoms with Crippen molar-refractivity contribution in [2.24, 2.45) is 0 Å². The SMILES string of the molecule is COC(=O)c1ccccc1NC(=O)c1cc2c(CO)cnc(C)c2oc1=O. The number of hydrogen-bond acceptors (Lipinski definition) is 7. The van der Waals surface area contributed by atoms with E-state index >= 15 is 0 Å². The lowest BCUT2D eigenvalue weighted by atomic mass is 10.1. The number of nitrogens with zero attached hydrogens (tertiary/aromatic N) is 1. The fraction of sp³-hybridized carbons (Fsp3) is 0.158. The van der Waals surface area contributed by atoms with Crippen molar-refractivity contribution in [3.63, 3.8) is 0 Å². The predicted octanol–water partition coefficient (Wildman–Crippen LogP) is 2.03. The van der Waals surface area contributed by atoms with Gasteiger partial charge in [0.1, 0.15) is 5.56 Å². The highest BCUT2D eigenvalue weighted by molar-refractivity contribution is 6.08. The van der Waals surface area contributed by atoms with Crippen molar-refractivity contribution in [2.45, 2.75) is 13.5 Å². The minimum absolute atomic E-state index is 0.148. The van der Waals surface area contributed by atoms with Crippen LogP contribution in [0.5, 0.6) is 0 Å². The molecule has 0 aliphatic heterocycles. The fourth-order valence-corrected chi connectivity index (χ4v) is 2.64. The molecule has 0 saturated carbocycles. The van der Waals surface area contributed by atoms with E-state index < -0.39 is 17.5 Å². The quantitative estimate of drug-likeness (QED) is 0.676. The molecule has 2 aromatic heterocycles. The number of anilines is 1. The Bertz CT molecular complexity index is 1100. The van der Waals surface area contributed by atoms with Gasteiger partial charge in [0, 0.05) is 17.1 Å². The summed E-state index contributed by atoms with van der Waals surface area (Å²) in [5.41, 5.74) is 0.318. The van der Waals surface area contributed by atoms with Gasteiger partial charge in [-0.05, 0) is 25.1 Å². The topological polar surface area (TPSA) is 119 Å². The van der Waals surface area contributed by atoms with Crippen LogP contribution in [0.4, 0.5) is 5.69 Å². The lowest BCUT2D eigenvalue weighted by Gasteiger charge is -2.10. The van der Waals surface area contributed by atoms with E-state index in [0.717, 1.165) is 0 Å². The minimum Gasteiger partial charge on any atom is -0.465 e. The number of aliphatic hydroxyl groups is 1. The van der Waals surface area contributed by atoms with Crippen molar-refractivity contribution in [2.75, 3.05) is 12.4 Å². The van der Waals surface area contributed by atoms with Crippen LogP contribution in [0.1, 0.15) is 32.0 Å². The average Bonchev–Trinajstić information content (AvgIpc) is 2.68. The van der Waals surface area contributed by atoms with E-state index in [1.165, 1.54) is 31.5 Å². The molecule has 3 rings (SSSR count). The Balaban J connectivity index is 2.06. The second kappa shape index (κ2) is 7.38. The normalized spacial score (nSPS) is 10.6. The van der Waals surface area contributed by atoms with Gasteiger partial charge in [0.2, 0.25) is 0 Å². The largest absolute Gasteiger partial charge is 0.465 e. The number of benzene rings is 1. The minimum atomic E-state index is -0.851. The number of ether oxygens (including phenoxy) is 1. The highest BCUT2D eigenvalue weighted by Gasteiger charge is 2.19. The second-order valence-electron chi connectivity index (χ2n) is 5.71. The third kappa shape index (κ3) is 3.42. The van der Waals surface area contributed by atoms with Crippen LogP contribution < -0.4 is 10.9 Å². The standard InChI is InChI=1S/C19H16N2O6/c1-10-16-13(11(9-22)8-20-10)7-14(19(25)27-16)17(23)21-15-6-4-3-5-12(15)18(24)26-2/h3-8,22H,9H2,1-2H3,(H,21,23). The molecule has 0 unspecified atom stereocenters. The number of rotatable bonds is 4. The smallest absolute Gasteiger partial charge is 0.349 e. The van der Waals surface area contributed by atoms with Crippen LogP contribution in [-0.4, -0.2) is 29.1 Å². The molecular weight excluding hydrogens is 352 g/mol. The van der Waals surface area contributed by atoms with Crippen LogP contribution >= 0.6 is 0 Å². The van der Waals surface area contributed by atoms with Crippen LogP contribution in [0.25, 0.3) is 11.0 Å². The van der Waals surface area contributed by atoms with Gasteiger partial charge in [-0.3, -0.25) is 9.78 Å². The lowest BCUT2D eigenvalue weighted by Crippen LogP contribution is -2.22. The zero-order valence-electron chi connectivity index (χ0n) is 14.6. The Morgan fingerprint density at radius 1 is 1.26 bits per heavy atom. The molecule has 0 bridgehead atoms. The van der Waals surface area contributed by atoms with Gasteiger partial charge in [-0.25, -0.2) is 9.59 Å². The Morgan fingerprint density at radius 3 is 2.70 bits per heavy atom. The van der Waals surface area contributed by atoms with E-state index in [2.05, 4.69) is 15.0 Å². The molecule has 0 spiro atoms. The van der Waals surface area contributed by atoms with Gasteiger partial charge in [-0.15, -0.1) is 0 Å². The van der Waals surface area contributed by atoms with Crippen LogP contribution in [0.2, 0.25) is 0 Å². The molecule has 0 radical (unpaired) electrons. The van der Waals surface area contributed by atoms with Gasteiger partial charge >= 0.3 is 11.6 Å². The van der Waals surface area contributed by atoms with Crippen molar-refractivity contribution in [1.82, 2.24) is 4.98 Å². The van der Waals surface area contributed by atoms with E-state index in [-0.39, 0.29) is 29.0 Å². The Kier molecular flexibility index (Phi) is 5.00. The number of fused-ring (bicyclic) bond motifs is 1. The van der Waals surface area contributed by atoms with Crippen LogP contribution in [0, 0.1) is 6.92 Å². The first-order valence-corrected chi connectivity index (χ1v) is 7.98. The summed E-state index contributed by atoms with van der Waals surface area (Å²) < 4.78 is 9.93. The van der Waals surface area contributed by atoms with Gasteiger partial charge in [0.25, 0.3) is 5.91 Å². The number of aliphatic hydroxyl groups excluding tert-OH is 1. The summed E-state index contributed by atoms with van der Waals surface area (Å²) >= 11 is 0. The maximum Gasteiger partial charge on any atom is 0.349 e. The summed E-state index contributed by atoms with van der Waals surface area (Å²) in [4.78, 5) is 40.8. The summed E-state index contributed by atoms with van der Waals surface area (Å²) in [5, 5.41) is 12.4. The average molecular weight is 368 g/mol. The first-order valence-electron chi connectivity index (χ1n) is 7.98. The highest BCUT2D eigenvalue weighted by Crippen LogP contribution is 2.22. The van der Waals surface area contributed by atoms with E-state index in [9.17, 15) is 19.5 Å². The van der Waals surface area contributed by atoms with Crippen LogP contribution in [-0.2, 0) is 11.3 Å². The summed E-state index contributed by atoms with van der Waals surface area (Å²) in [7, 11) is 1.23. The Hall–Kier alpha value is -3.52. The monoisotopic (exact) mass is 368 g/mol. The molecule has 2 heterocycles. The molecular formula is C19H16N2O6. The van der Waals surface area contributed by atoms with Gasteiger partial charge in [-0.1, -0.05) is 12.1 Å². The third-order valence-corrected chi connectivity index (χ3v) is 4.03. The molecule has 27 heavy (non-hydrogen) atoms. The number of para-hydroxylation sites is 1. The molecule has 0 saturated heterocycles. The van der Waals surface area contributed by atoms with Gasteiger partial charge in [-0.2, -0.15) is 0 Å². The molecule has 8 heteroatoms. The molecule has 138 valence electrons. The Morgan fingerprint density at radius 2 is 2.00 bits per heavy atom. The van der Waals surface area contributed by atoms with Crippen molar-refractivity contribution >= 4 is 28.5 Å². The number of carbonyl (C=O) groups excluding carboxylic acids is 2. The van der Waals surface area contributed by atoms with Crippen molar-refractivity contribution < 1.29 is 23.8 Å². The van der Waals surface area contributed by atoms with E-state index in [1.807, 2.05) is 0 Å². The van der Waals surface area contributed by atoms with Crippen molar-refractivity contribution in [1.29, 1.82) is 0 Å². The number of hydrogen-bond donors (Lipinski definition) is 2. The molecule has 2 N–H and O–H groups in total. The number of carbonyl (C=O) groups is 2. The number of pyridine rings is 1. The summed E-state index contributed by atoms with van der Waals surface area (Å²) in [6.07, 6.45) is 1.45. The van der Waals surface area contributed by atoms with Crippen molar-refractivity contribution in [3.8, 4) is 0 Å². The molecule has 0 aliphatic carbocycles. The van der Waals surface area contributed by atoms with E-state index in [0.29, 0.717) is 16.6 Å². The number of esters is 1. The van der Waals surface area contributed by atoms with Crippen LogP contribution in [0.15, 0.2) is 45.7 Å². The molecule has 1 amide bonds. The van der Waals surface area contributed by atoms with E-state index in [1.54, 1.807) is 19.1 Å². The van der Waals surface area contributed by atoms with Gasteiger partial charge in [0.15, 0.2) is 5.58 Å². The lowest BCUT2D eigenvalue weighted by molar-refractivity contribution is 0.0602. The van der Waals surface area contributed by atoms with Gasteiger partial charge < -0.3 is 19.6 Å².